The van der Waals surface area contributed by atoms with Gasteiger partial charge in [0, 0.05) is 18.6 Å². The summed E-state index contributed by atoms with van der Waals surface area (Å²) in [4.78, 5) is 26.9. The van der Waals surface area contributed by atoms with Crippen molar-refractivity contribution in [3.8, 4) is 0 Å². The molecule has 7 heteroatoms. The molecule has 0 aromatic heterocycles. The highest BCUT2D eigenvalue weighted by Crippen LogP contribution is 2.26. The molecule has 1 aromatic rings. The predicted octanol–water partition coefficient (Wildman–Crippen LogP) is 2.00. The van der Waals surface area contributed by atoms with Crippen LogP contribution in [0.25, 0.3) is 0 Å². The second kappa shape index (κ2) is 9.71. The first kappa shape index (κ1) is 21.2. The number of hydrogen-bond acceptors (Lipinski definition) is 4. The fourth-order valence-corrected chi connectivity index (χ4v) is 3.40. The summed E-state index contributed by atoms with van der Waals surface area (Å²) in [5.41, 5.74) is 1.92. The van der Waals surface area contributed by atoms with Crippen molar-refractivity contribution in [2.45, 2.75) is 51.8 Å². The molecular formula is C20H31N3O4. The first-order valence-electron chi connectivity index (χ1n) is 9.59. The van der Waals surface area contributed by atoms with Crippen molar-refractivity contribution in [1.29, 1.82) is 0 Å². The van der Waals surface area contributed by atoms with Crippen LogP contribution < -0.4 is 5.32 Å². The Bertz CT molecular complexity index is 629. The number of hydrogen-bond donors (Lipinski definition) is 3. The minimum atomic E-state index is -0.827. The highest BCUT2D eigenvalue weighted by Gasteiger charge is 2.35. The van der Waals surface area contributed by atoms with Crippen molar-refractivity contribution >= 4 is 12.0 Å². The Kier molecular flexibility index (Phi) is 7.62. The van der Waals surface area contributed by atoms with Crippen molar-refractivity contribution < 1.29 is 19.8 Å². The van der Waals surface area contributed by atoms with E-state index in [1.54, 1.807) is 4.90 Å². The Morgan fingerprint density at radius 3 is 2.33 bits per heavy atom. The second-order valence-corrected chi connectivity index (χ2v) is 7.19. The number of nitrogens with zero attached hydrogens (tertiary/aromatic N) is 2. The Hall–Kier alpha value is -2.12. The average molecular weight is 377 g/mol. The average Bonchev–Trinajstić information content (AvgIpc) is 2.60. The molecule has 1 aromatic carbocycles. The van der Waals surface area contributed by atoms with E-state index in [2.05, 4.69) is 5.32 Å². The normalized spacial score (nSPS) is 20.0. The molecule has 1 fully saturated rings. The lowest BCUT2D eigenvalue weighted by atomic mass is 9.85. The van der Waals surface area contributed by atoms with Gasteiger partial charge in [0.15, 0.2) is 0 Å². The van der Waals surface area contributed by atoms with Crippen molar-refractivity contribution in [1.82, 2.24) is 15.1 Å². The molecule has 0 spiro atoms. The molecular weight excluding hydrogens is 346 g/mol. The molecule has 7 nitrogen and oxygen atoms in total. The summed E-state index contributed by atoms with van der Waals surface area (Å²) < 4.78 is 0. The van der Waals surface area contributed by atoms with Gasteiger partial charge in [-0.15, -0.1) is 0 Å². The van der Waals surface area contributed by atoms with Crippen LogP contribution >= 0.6 is 0 Å². The van der Waals surface area contributed by atoms with Crippen molar-refractivity contribution in [2.24, 2.45) is 0 Å². The van der Waals surface area contributed by atoms with Gasteiger partial charge in [-0.05, 0) is 38.8 Å². The van der Waals surface area contributed by atoms with E-state index >= 15 is 0 Å². The molecule has 1 atom stereocenters. The monoisotopic (exact) mass is 377 g/mol. The summed E-state index contributed by atoms with van der Waals surface area (Å²) in [7, 11) is 0. The lowest BCUT2D eigenvalue weighted by Crippen LogP contribution is -2.57. The fourth-order valence-electron chi connectivity index (χ4n) is 3.40. The highest BCUT2D eigenvalue weighted by molar-refractivity contribution is 5.74. The van der Waals surface area contributed by atoms with Crippen molar-refractivity contribution in [3.05, 3.63) is 35.4 Å². The summed E-state index contributed by atoms with van der Waals surface area (Å²) in [6.45, 7) is 7.28. The topological polar surface area (TPSA) is 93.1 Å². The lowest BCUT2D eigenvalue weighted by molar-refractivity contribution is -0.139. The molecule has 1 unspecified atom stereocenters. The molecule has 3 N–H and O–H groups in total. The van der Waals surface area contributed by atoms with Gasteiger partial charge in [0.2, 0.25) is 0 Å². The van der Waals surface area contributed by atoms with Crippen LogP contribution in [-0.4, -0.2) is 70.3 Å². The van der Waals surface area contributed by atoms with E-state index in [0.717, 1.165) is 24.0 Å². The zero-order chi connectivity index (χ0) is 20.0. The molecule has 0 heterocycles. The van der Waals surface area contributed by atoms with Crippen LogP contribution in [0, 0.1) is 6.92 Å². The quantitative estimate of drug-likeness (QED) is 0.612. The van der Waals surface area contributed by atoms with Gasteiger partial charge in [0.25, 0.3) is 0 Å². The molecule has 0 radical (unpaired) electrons. The molecule has 150 valence electrons. The van der Waals surface area contributed by atoms with Gasteiger partial charge < -0.3 is 20.4 Å². The summed E-state index contributed by atoms with van der Waals surface area (Å²) in [6, 6.07) is 7.71. The van der Waals surface area contributed by atoms with Crippen LogP contribution in [0.1, 0.15) is 43.9 Å². The third-order valence-electron chi connectivity index (χ3n) is 5.23. The number of carbonyl (C=O) groups excluding carboxylic acids is 1. The fraction of sp³-hybridized carbons (Fsp3) is 0.600. The first-order valence-corrected chi connectivity index (χ1v) is 9.59. The molecule has 0 saturated heterocycles. The number of carboxylic acids is 1. The zero-order valence-corrected chi connectivity index (χ0v) is 16.4. The molecule has 0 aliphatic heterocycles. The number of carboxylic acid groups (broad SMARTS) is 1. The van der Waals surface area contributed by atoms with Crippen LogP contribution in [0.2, 0.25) is 0 Å². The van der Waals surface area contributed by atoms with Gasteiger partial charge in [-0.25, -0.2) is 4.79 Å². The number of carbonyl (C=O) groups is 2. The van der Waals surface area contributed by atoms with E-state index in [0.29, 0.717) is 13.1 Å². The Labute approximate surface area is 161 Å². The molecule has 27 heavy (non-hydrogen) atoms. The molecule has 2 amide bonds. The predicted molar refractivity (Wildman–Crippen MR) is 104 cm³/mol. The van der Waals surface area contributed by atoms with E-state index in [-0.39, 0.29) is 31.2 Å². The van der Waals surface area contributed by atoms with Crippen molar-refractivity contribution in [2.75, 3.05) is 26.2 Å². The number of aliphatic carboxylic acids is 1. The maximum absolute atomic E-state index is 12.5. The number of urea groups is 1. The number of rotatable bonds is 9. The van der Waals surface area contributed by atoms with Gasteiger partial charge in [-0.1, -0.05) is 36.8 Å². The lowest BCUT2D eigenvalue weighted by Gasteiger charge is -2.42. The minimum absolute atomic E-state index is 0.0334. The summed E-state index contributed by atoms with van der Waals surface area (Å²) in [5, 5.41) is 22.4. The number of nitrogens with one attached hydrogen (secondary N) is 1. The van der Waals surface area contributed by atoms with Crippen LogP contribution in [0.5, 0.6) is 0 Å². The summed E-state index contributed by atoms with van der Waals surface area (Å²) in [5.74, 6) is -0.827. The number of aliphatic hydroxyl groups excluding tert-OH is 1. The largest absolute Gasteiger partial charge is 0.480 e. The molecule has 1 aliphatic rings. The number of amides is 2. The molecule has 0 bridgehead atoms. The maximum atomic E-state index is 12.5. The van der Waals surface area contributed by atoms with Crippen LogP contribution in [0.4, 0.5) is 4.79 Å². The smallest absolute Gasteiger partial charge is 0.317 e. The Balaban J connectivity index is 1.82. The van der Waals surface area contributed by atoms with E-state index in [1.165, 1.54) is 0 Å². The van der Waals surface area contributed by atoms with E-state index in [1.807, 2.05) is 49.9 Å². The van der Waals surface area contributed by atoms with E-state index in [9.17, 15) is 14.7 Å². The SMILES string of the molecule is CCN(CC(O)c1ccc(C)cc1)C(=O)NC1CC(N(CC)CC(=O)O)C1. The minimum Gasteiger partial charge on any atom is -0.480 e. The number of aliphatic hydroxyl groups is 1. The standard InChI is InChI=1S/C20H31N3O4/c1-4-22(13-19(25)26)17-10-16(11-17)21-20(27)23(5-2)12-18(24)15-8-6-14(3)7-9-15/h6-9,16-18,24H,4-5,10-13H2,1-3H3,(H,21,27)(H,25,26). The first-order chi connectivity index (χ1) is 12.8. The van der Waals surface area contributed by atoms with E-state index in [4.69, 9.17) is 5.11 Å². The van der Waals surface area contributed by atoms with Gasteiger partial charge in [-0.3, -0.25) is 9.69 Å². The molecule has 1 aliphatic carbocycles. The number of benzene rings is 1. The zero-order valence-electron chi connectivity index (χ0n) is 16.4. The number of aryl methyl sites for hydroxylation is 1. The van der Waals surface area contributed by atoms with Crippen LogP contribution in [0.3, 0.4) is 0 Å². The van der Waals surface area contributed by atoms with Gasteiger partial charge >= 0.3 is 12.0 Å². The second-order valence-electron chi connectivity index (χ2n) is 7.19. The van der Waals surface area contributed by atoms with Gasteiger partial charge in [-0.2, -0.15) is 0 Å². The van der Waals surface area contributed by atoms with Crippen LogP contribution in [-0.2, 0) is 4.79 Å². The molecule has 1 saturated carbocycles. The maximum Gasteiger partial charge on any atom is 0.317 e. The highest BCUT2D eigenvalue weighted by atomic mass is 16.4. The Morgan fingerprint density at radius 1 is 1.19 bits per heavy atom. The van der Waals surface area contributed by atoms with Crippen LogP contribution in [0.15, 0.2) is 24.3 Å². The van der Waals surface area contributed by atoms with E-state index < -0.39 is 12.1 Å². The van der Waals surface area contributed by atoms with Gasteiger partial charge in [0.1, 0.15) is 0 Å². The Morgan fingerprint density at radius 2 is 1.81 bits per heavy atom. The van der Waals surface area contributed by atoms with Gasteiger partial charge in [0.05, 0.1) is 19.2 Å². The third-order valence-corrected chi connectivity index (χ3v) is 5.23. The third kappa shape index (κ3) is 5.94. The summed E-state index contributed by atoms with van der Waals surface area (Å²) in [6.07, 6.45) is 0.784. The van der Waals surface area contributed by atoms with Crippen molar-refractivity contribution in [3.63, 3.8) is 0 Å². The summed E-state index contributed by atoms with van der Waals surface area (Å²) >= 11 is 0. The number of likely N-dealkylation sites (N-methyl/N-ethyl adjacent to an activating group) is 2. The molecule has 2 rings (SSSR count).